The van der Waals surface area contributed by atoms with Crippen LogP contribution in [0.2, 0.25) is 0 Å². The van der Waals surface area contributed by atoms with E-state index in [0.717, 1.165) is 41.4 Å². The Kier molecular flexibility index (Phi) is 4.04. The number of H-pyrrole nitrogens is 1. The normalized spacial score (nSPS) is 15.7. The summed E-state index contributed by atoms with van der Waals surface area (Å²) in [7, 11) is 0. The van der Waals surface area contributed by atoms with Crippen LogP contribution in [0.3, 0.4) is 0 Å². The maximum Gasteiger partial charge on any atom is 0.156 e. The smallest absolute Gasteiger partial charge is 0.156 e. The molecule has 0 saturated carbocycles. The fourth-order valence-electron chi connectivity index (χ4n) is 4.33. The van der Waals surface area contributed by atoms with E-state index in [9.17, 15) is 0 Å². The molecule has 1 fully saturated rings. The van der Waals surface area contributed by atoms with Gasteiger partial charge in [0.2, 0.25) is 0 Å². The van der Waals surface area contributed by atoms with Gasteiger partial charge in [-0.25, -0.2) is 9.97 Å². The van der Waals surface area contributed by atoms with Gasteiger partial charge < -0.3 is 9.88 Å². The zero-order valence-corrected chi connectivity index (χ0v) is 15.7. The topological polar surface area (TPSA) is 44.8 Å². The Morgan fingerprint density at radius 1 is 1.04 bits per heavy atom. The molecular weight excluding hydrogens is 332 g/mol. The van der Waals surface area contributed by atoms with Crippen molar-refractivity contribution in [3.63, 3.8) is 0 Å². The van der Waals surface area contributed by atoms with Crippen LogP contribution in [0.1, 0.15) is 24.0 Å². The van der Waals surface area contributed by atoms with Crippen molar-refractivity contribution in [1.29, 1.82) is 0 Å². The van der Waals surface area contributed by atoms with Gasteiger partial charge in [-0.3, -0.25) is 0 Å². The summed E-state index contributed by atoms with van der Waals surface area (Å²) in [6, 6.07) is 17.3. The van der Waals surface area contributed by atoms with Gasteiger partial charge in [-0.2, -0.15) is 0 Å². The highest BCUT2D eigenvalue weighted by molar-refractivity contribution is 6.08. The lowest BCUT2D eigenvalue weighted by Gasteiger charge is -2.33. The molecule has 27 heavy (non-hydrogen) atoms. The molecule has 2 aromatic heterocycles. The third-order valence-electron chi connectivity index (χ3n) is 5.80. The Balaban J connectivity index is 1.39. The van der Waals surface area contributed by atoms with E-state index in [0.29, 0.717) is 0 Å². The monoisotopic (exact) mass is 356 g/mol. The van der Waals surface area contributed by atoms with Crippen molar-refractivity contribution in [3.8, 4) is 0 Å². The van der Waals surface area contributed by atoms with Crippen molar-refractivity contribution in [2.24, 2.45) is 5.92 Å². The summed E-state index contributed by atoms with van der Waals surface area (Å²) in [5, 5.41) is 1.18. The lowest BCUT2D eigenvalue weighted by molar-refractivity contribution is 0.402. The maximum absolute atomic E-state index is 4.64. The molecule has 1 aliphatic heterocycles. The second kappa shape index (κ2) is 6.69. The second-order valence-electron chi connectivity index (χ2n) is 7.72. The molecule has 5 rings (SSSR count). The number of fused-ring (bicyclic) bond motifs is 3. The summed E-state index contributed by atoms with van der Waals surface area (Å²) in [4.78, 5) is 15.2. The van der Waals surface area contributed by atoms with Crippen molar-refractivity contribution in [2.45, 2.75) is 26.2 Å². The number of piperidine rings is 1. The van der Waals surface area contributed by atoms with E-state index in [1.165, 1.54) is 35.8 Å². The first-order valence-corrected chi connectivity index (χ1v) is 9.80. The summed E-state index contributed by atoms with van der Waals surface area (Å²) in [6.07, 6.45) is 5.31. The van der Waals surface area contributed by atoms with E-state index in [1.807, 2.05) is 0 Å². The number of hydrogen-bond donors (Lipinski definition) is 1. The van der Waals surface area contributed by atoms with Crippen molar-refractivity contribution < 1.29 is 0 Å². The van der Waals surface area contributed by atoms with Gasteiger partial charge in [0.1, 0.15) is 17.4 Å². The first kappa shape index (κ1) is 16.3. The van der Waals surface area contributed by atoms with E-state index in [4.69, 9.17) is 0 Å². The minimum Gasteiger partial charge on any atom is -0.355 e. The summed E-state index contributed by atoms with van der Waals surface area (Å²) in [5.74, 6) is 1.80. The highest BCUT2D eigenvalue weighted by Gasteiger charge is 2.23. The van der Waals surface area contributed by atoms with Crippen molar-refractivity contribution >= 4 is 27.8 Å². The molecule has 0 aliphatic carbocycles. The number of anilines is 1. The first-order chi connectivity index (χ1) is 13.3. The molecule has 136 valence electrons. The number of nitrogens with zero attached hydrogens (tertiary/aromatic N) is 3. The molecule has 1 saturated heterocycles. The maximum atomic E-state index is 4.64. The Labute approximate surface area is 159 Å². The molecule has 0 spiro atoms. The van der Waals surface area contributed by atoms with Crippen LogP contribution >= 0.6 is 0 Å². The first-order valence-electron chi connectivity index (χ1n) is 9.80. The minimum atomic E-state index is 0.756. The molecule has 0 bridgehead atoms. The molecule has 4 heteroatoms. The summed E-state index contributed by atoms with van der Waals surface area (Å²) in [5.41, 5.74) is 5.95. The van der Waals surface area contributed by atoms with Crippen molar-refractivity contribution in [2.75, 3.05) is 18.0 Å². The Morgan fingerprint density at radius 3 is 2.67 bits per heavy atom. The van der Waals surface area contributed by atoms with Gasteiger partial charge in [0.05, 0.1) is 0 Å². The van der Waals surface area contributed by atoms with Crippen LogP contribution in [0.4, 0.5) is 5.82 Å². The molecule has 1 aliphatic rings. The molecular formula is C23H24N4. The van der Waals surface area contributed by atoms with Crippen molar-refractivity contribution in [1.82, 2.24) is 15.0 Å². The number of rotatable bonds is 3. The zero-order valence-electron chi connectivity index (χ0n) is 15.7. The molecule has 2 aromatic carbocycles. The molecule has 0 amide bonds. The van der Waals surface area contributed by atoms with Gasteiger partial charge in [-0.15, -0.1) is 0 Å². The standard InChI is InChI=1S/C23H24N4/c1-16-7-8-19-20(13-16)26-22-21(19)24-15-25-23(22)27-11-9-18(10-12-27)14-17-5-3-2-4-6-17/h2-8,13,15,18,26H,9-12,14H2,1H3. The summed E-state index contributed by atoms with van der Waals surface area (Å²) < 4.78 is 0. The largest absolute Gasteiger partial charge is 0.355 e. The molecule has 0 atom stereocenters. The summed E-state index contributed by atoms with van der Waals surface area (Å²) >= 11 is 0. The Morgan fingerprint density at radius 2 is 1.85 bits per heavy atom. The van der Waals surface area contributed by atoms with Crippen LogP contribution < -0.4 is 4.90 Å². The second-order valence-corrected chi connectivity index (χ2v) is 7.72. The number of aryl methyl sites for hydroxylation is 1. The molecule has 0 unspecified atom stereocenters. The van der Waals surface area contributed by atoms with E-state index in [1.54, 1.807) is 6.33 Å². The van der Waals surface area contributed by atoms with Crippen LogP contribution in [0.15, 0.2) is 54.9 Å². The molecule has 4 aromatic rings. The predicted molar refractivity (Wildman–Crippen MR) is 111 cm³/mol. The predicted octanol–water partition coefficient (Wildman–Crippen LogP) is 4.88. The molecule has 1 N–H and O–H groups in total. The highest BCUT2D eigenvalue weighted by Crippen LogP contribution is 2.32. The molecule has 3 heterocycles. The average Bonchev–Trinajstić information content (AvgIpc) is 3.07. The number of nitrogens with one attached hydrogen (secondary N) is 1. The molecule has 4 nitrogen and oxygen atoms in total. The Bertz CT molecular complexity index is 1080. The minimum absolute atomic E-state index is 0.756. The zero-order chi connectivity index (χ0) is 18.2. The van der Waals surface area contributed by atoms with E-state index in [2.05, 4.69) is 75.3 Å². The third kappa shape index (κ3) is 3.05. The summed E-state index contributed by atoms with van der Waals surface area (Å²) in [6.45, 7) is 4.23. The van der Waals surface area contributed by atoms with Crippen LogP contribution in [0.5, 0.6) is 0 Å². The lowest BCUT2D eigenvalue weighted by atomic mass is 9.90. The Hall–Kier alpha value is -2.88. The number of hydrogen-bond acceptors (Lipinski definition) is 3. The van der Waals surface area contributed by atoms with E-state index in [-0.39, 0.29) is 0 Å². The van der Waals surface area contributed by atoms with E-state index < -0.39 is 0 Å². The van der Waals surface area contributed by atoms with Gasteiger partial charge in [0.25, 0.3) is 0 Å². The van der Waals surface area contributed by atoms with Gasteiger partial charge in [-0.1, -0.05) is 42.5 Å². The van der Waals surface area contributed by atoms with Crippen LogP contribution in [-0.4, -0.2) is 28.0 Å². The number of aromatic amines is 1. The van der Waals surface area contributed by atoms with Gasteiger partial charge in [0, 0.05) is 24.0 Å². The number of aromatic nitrogens is 3. The van der Waals surface area contributed by atoms with Gasteiger partial charge in [0.15, 0.2) is 5.82 Å². The van der Waals surface area contributed by atoms with Crippen LogP contribution in [-0.2, 0) is 6.42 Å². The fraction of sp³-hybridized carbons (Fsp3) is 0.304. The highest BCUT2D eigenvalue weighted by atomic mass is 15.2. The van der Waals surface area contributed by atoms with Crippen LogP contribution in [0, 0.1) is 12.8 Å². The van der Waals surface area contributed by atoms with Gasteiger partial charge >= 0.3 is 0 Å². The van der Waals surface area contributed by atoms with Gasteiger partial charge in [-0.05, 0) is 49.3 Å². The average molecular weight is 356 g/mol. The van der Waals surface area contributed by atoms with E-state index >= 15 is 0 Å². The fourth-order valence-corrected chi connectivity index (χ4v) is 4.33. The SMILES string of the molecule is Cc1ccc2c(c1)[nH]c1c(N3CCC(Cc4ccccc4)CC3)ncnc12. The lowest BCUT2D eigenvalue weighted by Crippen LogP contribution is -2.35. The number of benzene rings is 2. The third-order valence-corrected chi connectivity index (χ3v) is 5.80. The van der Waals surface area contributed by atoms with Crippen LogP contribution in [0.25, 0.3) is 21.9 Å². The molecule has 0 radical (unpaired) electrons. The quantitative estimate of drug-likeness (QED) is 0.569. The van der Waals surface area contributed by atoms with Crippen molar-refractivity contribution in [3.05, 3.63) is 66.0 Å².